The van der Waals surface area contributed by atoms with Crippen molar-refractivity contribution in [2.24, 2.45) is 0 Å². The number of halogens is 1. The predicted molar refractivity (Wildman–Crippen MR) is 113 cm³/mol. The lowest BCUT2D eigenvalue weighted by Crippen LogP contribution is -2.47. The highest BCUT2D eigenvalue weighted by atomic mass is 79.9. The van der Waals surface area contributed by atoms with Crippen LogP contribution in [0.4, 0.5) is 0 Å². The van der Waals surface area contributed by atoms with E-state index in [0.29, 0.717) is 18.7 Å². The van der Waals surface area contributed by atoms with Gasteiger partial charge in [-0.1, -0.05) is 29.8 Å². The highest BCUT2D eigenvalue weighted by Gasteiger charge is 2.25. The van der Waals surface area contributed by atoms with Crippen LogP contribution in [0.1, 0.15) is 34.3 Å². The molecular weight excluding hydrogens is 420 g/mol. The predicted octanol–water partition coefficient (Wildman–Crippen LogP) is 3.87. The normalized spacial score (nSPS) is 14.6. The lowest BCUT2D eigenvalue weighted by atomic mass is 10.0. The Hall–Kier alpha value is -2.34. The fraction of sp³-hybridized carbons (Fsp3) is 0.364. The lowest BCUT2D eigenvalue weighted by Gasteiger charge is -2.32. The van der Waals surface area contributed by atoms with Crippen LogP contribution >= 0.6 is 15.9 Å². The number of rotatable bonds is 5. The Morgan fingerprint density at radius 2 is 1.86 bits per heavy atom. The van der Waals surface area contributed by atoms with Crippen LogP contribution in [0, 0.1) is 13.8 Å². The first-order chi connectivity index (χ1) is 13.4. The summed E-state index contributed by atoms with van der Waals surface area (Å²) < 4.78 is 6.48. The van der Waals surface area contributed by atoms with E-state index in [-0.39, 0.29) is 24.5 Å². The maximum Gasteiger partial charge on any atom is 0.260 e. The lowest BCUT2D eigenvalue weighted by molar-refractivity contribution is -0.134. The molecule has 6 heteroatoms. The second-order valence-electron chi connectivity index (χ2n) is 7.17. The number of hydrogen-bond donors (Lipinski definition) is 1. The van der Waals surface area contributed by atoms with Crippen LogP contribution < -0.4 is 10.1 Å². The van der Waals surface area contributed by atoms with E-state index in [9.17, 15) is 9.59 Å². The van der Waals surface area contributed by atoms with Crippen LogP contribution in [0.2, 0.25) is 0 Å². The number of likely N-dealkylation sites (tertiary alicyclic amines) is 1. The molecule has 0 spiro atoms. The molecule has 1 saturated heterocycles. The first kappa shape index (κ1) is 20.4. The van der Waals surface area contributed by atoms with Crippen molar-refractivity contribution in [3.63, 3.8) is 0 Å². The van der Waals surface area contributed by atoms with Gasteiger partial charge in [0.2, 0.25) is 0 Å². The zero-order valence-electron chi connectivity index (χ0n) is 16.2. The first-order valence-corrected chi connectivity index (χ1v) is 10.3. The molecule has 1 aliphatic heterocycles. The zero-order chi connectivity index (χ0) is 20.1. The third-order valence-electron chi connectivity index (χ3n) is 4.98. The van der Waals surface area contributed by atoms with Gasteiger partial charge in [0.25, 0.3) is 11.8 Å². The minimum Gasteiger partial charge on any atom is -0.484 e. The van der Waals surface area contributed by atoms with Gasteiger partial charge in [-0.15, -0.1) is 0 Å². The number of nitrogens with zero attached hydrogens (tertiary/aromatic N) is 1. The highest BCUT2D eigenvalue weighted by Crippen LogP contribution is 2.20. The molecule has 0 saturated carbocycles. The molecule has 0 bridgehead atoms. The summed E-state index contributed by atoms with van der Waals surface area (Å²) in [7, 11) is 0. The molecule has 28 heavy (non-hydrogen) atoms. The minimum absolute atomic E-state index is 0.0180. The van der Waals surface area contributed by atoms with Gasteiger partial charge in [-0.05, 0) is 66.4 Å². The van der Waals surface area contributed by atoms with Crippen LogP contribution in [-0.2, 0) is 4.79 Å². The van der Waals surface area contributed by atoms with Crippen LogP contribution in [0.3, 0.4) is 0 Å². The number of carbonyl (C=O) groups excluding carboxylic acids is 2. The van der Waals surface area contributed by atoms with Crippen LogP contribution in [0.5, 0.6) is 5.75 Å². The molecule has 1 heterocycles. The van der Waals surface area contributed by atoms with E-state index in [4.69, 9.17) is 4.74 Å². The summed E-state index contributed by atoms with van der Waals surface area (Å²) in [5, 5.41) is 3.07. The fourth-order valence-electron chi connectivity index (χ4n) is 3.37. The fourth-order valence-corrected chi connectivity index (χ4v) is 3.84. The Labute approximate surface area is 174 Å². The third kappa shape index (κ3) is 5.13. The smallest absolute Gasteiger partial charge is 0.260 e. The molecule has 148 valence electrons. The maximum absolute atomic E-state index is 12.5. The van der Waals surface area contributed by atoms with Crippen LogP contribution in [0.15, 0.2) is 46.9 Å². The summed E-state index contributed by atoms with van der Waals surface area (Å²) in [5.74, 6) is 0.639. The molecule has 2 aromatic rings. The SMILES string of the molecule is Cc1ccc(OCC(=O)N2CCC(NC(=O)c3ccccc3Br)CC2)c(C)c1. The summed E-state index contributed by atoms with van der Waals surface area (Å²) in [4.78, 5) is 26.7. The summed E-state index contributed by atoms with van der Waals surface area (Å²) in [5.41, 5.74) is 2.83. The van der Waals surface area contributed by atoms with E-state index < -0.39 is 0 Å². The summed E-state index contributed by atoms with van der Waals surface area (Å²) in [6.45, 7) is 5.29. The first-order valence-electron chi connectivity index (χ1n) is 9.47. The van der Waals surface area contributed by atoms with Gasteiger partial charge in [-0.25, -0.2) is 0 Å². The second kappa shape index (κ2) is 9.24. The summed E-state index contributed by atoms with van der Waals surface area (Å²) in [6, 6.07) is 13.4. The van der Waals surface area contributed by atoms with Crippen molar-refractivity contribution in [2.45, 2.75) is 32.7 Å². The van der Waals surface area contributed by atoms with Crippen molar-refractivity contribution in [3.8, 4) is 5.75 Å². The second-order valence-corrected chi connectivity index (χ2v) is 8.02. The molecule has 0 aliphatic carbocycles. The van der Waals surface area contributed by atoms with E-state index in [1.54, 1.807) is 6.07 Å². The molecule has 2 aromatic carbocycles. The molecule has 1 fully saturated rings. The quantitative estimate of drug-likeness (QED) is 0.761. The molecule has 1 aliphatic rings. The minimum atomic E-state index is -0.0876. The number of hydrogen-bond acceptors (Lipinski definition) is 3. The van der Waals surface area contributed by atoms with Gasteiger partial charge >= 0.3 is 0 Å². The highest BCUT2D eigenvalue weighted by molar-refractivity contribution is 9.10. The summed E-state index contributed by atoms with van der Waals surface area (Å²) >= 11 is 3.41. The molecule has 2 amide bonds. The Kier molecular flexibility index (Phi) is 6.73. The third-order valence-corrected chi connectivity index (χ3v) is 5.67. The van der Waals surface area contributed by atoms with E-state index in [2.05, 4.69) is 21.2 Å². The molecule has 0 unspecified atom stereocenters. The molecular formula is C22H25BrN2O3. The van der Waals surface area contributed by atoms with E-state index in [0.717, 1.165) is 28.6 Å². The van der Waals surface area contributed by atoms with Crippen molar-refractivity contribution in [3.05, 3.63) is 63.6 Å². The molecule has 5 nitrogen and oxygen atoms in total. The number of piperidine rings is 1. The van der Waals surface area contributed by atoms with Crippen molar-refractivity contribution < 1.29 is 14.3 Å². The van der Waals surface area contributed by atoms with Crippen molar-refractivity contribution in [1.82, 2.24) is 10.2 Å². The Balaban J connectivity index is 1.46. The van der Waals surface area contributed by atoms with Crippen LogP contribution in [0.25, 0.3) is 0 Å². The number of ether oxygens (including phenoxy) is 1. The van der Waals surface area contributed by atoms with Crippen LogP contribution in [-0.4, -0.2) is 42.5 Å². The number of carbonyl (C=O) groups is 2. The average Bonchev–Trinajstić information content (AvgIpc) is 2.68. The van der Waals surface area contributed by atoms with E-state index in [1.807, 2.05) is 55.1 Å². The average molecular weight is 445 g/mol. The number of aryl methyl sites for hydroxylation is 2. The number of nitrogens with one attached hydrogen (secondary N) is 1. The topological polar surface area (TPSA) is 58.6 Å². The Morgan fingerprint density at radius 1 is 1.14 bits per heavy atom. The van der Waals surface area contributed by atoms with E-state index >= 15 is 0 Å². The molecule has 3 rings (SSSR count). The number of amides is 2. The van der Waals surface area contributed by atoms with Gasteiger partial charge in [0.1, 0.15) is 5.75 Å². The van der Waals surface area contributed by atoms with E-state index in [1.165, 1.54) is 5.56 Å². The maximum atomic E-state index is 12.5. The molecule has 1 N–H and O–H groups in total. The monoisotopic (exact) mass is 444 g/mol. The number of benzene rings is 2. The van der Waals surface area contributed by atoms with Gasteiger partial charge in [0.15, 0.2) is 6.61 Å². The largest absolute Gasteiger partial charge is 0.484 e. The Morgan fingerprint density at radius 3 is 2.54 bits per heavy atom. The molecule has 0 aromatic heterocycles. The van der Waals surface area contributed by atoms with Gasteiger partial charge in [-0.2, -0.15) is 0 Å². The van der Waals surface area contributed by atoms with Gasteiger partial charge in [0, 0.05) is 23.6 Å². The standard InChI is InChI=1S/C22H25BrN2O3/c1-15-7-8-20(16(2)13-15)28-14-21(26)25-11-9-17(10-12-25)24-22(27)18-5-3-4-6-19(18)23/h3-8,13,17H,9-12,14H2,1-2H3,(H,24,27). The van der Waals surface area contributed by atoms with Crippen molar-refractivity contribution in [1.29, 1.82) is 0 Å². The molecule has 0 radical (unpaired) electrons. The van der Waals surface area contributed by atoms with Gasteiger partial charge in [-0.3, -0.25) is 9.59 Å². The zero-order valence-corrected chi connectivity index (χ0v) is 17.8. The summed E-state index contributed by atoms with van der Waals surface area (Å²) in [6.07, 6.45) is 1.48. The van der Waals surface area contributed by atoms with Crippen molar-refractivity contribution in [2.75, 3.05) is 19.7 Å². The molecule has 0 atom stereocenters. The Bertz CT molecular complexity index is 861. The van der Waals surface area contributed by atoms with Gasteiger partial charge < -0.3 is 15.0 Å². The van der Waals surface area contributed by atoms with Crippen molar-refractivity contribution >= 4 is 27.7 Å². The van der Waals surface area contributed by atoms with Gasteiger partial charge in [0.05, 0.1) is 5.56 Å².